The third-order valence-corrected chi connectivity index (χ3v) is 3.72. The highest BCUT2D eigenvalue weighted by Gasteiger charge is 2.14. The first-order valence-corrected chi connectivity index (χ1v) is 6.79. The summed E-state index contributed by atoms with van der Waals surface area (Å²) in [4.78, 5) is 16.7. The molecule has 0 amide bonds. The van der Waals surface area contributed by atoms with Crippen LogP contribution in [0.25, 0.3) is 10.9 Å². The van der Waals surface area contributed by atoms with Gasteiger partial charge in [-0.05, 0) is 30.3 Å². The molecule has 1 aromatic heterocycles. The fraction of sp³-hybridized carbons (Fsp3) is 0. The highest BCUT2D eigenvalue weighted by Crippen LogP contribution is 2.22. The Labute approximate surface area is 123 Å². The predicted octanol–water partition coefficient (Wildman–Crippen LogP) is 4.37. The minimum Gasteiger partial charge on any atom is -0.289 e. The molecule has 0 spiro atoms. The average Bonchev–Trinajstić information content (AvgIpc) is 2.48. The molecule has 4 heteroatoms. The van der Waals surface area contributed by atoms with Gasteiger partial charge in [0, 0.05) is 27.2 Å². The lowest BCUT2D eigenvalue weighted by Crippen LogP contribution is -2.03. The van der Waals surface area contributed by atoms with Crippen molar-refractivity contribution in [2.75, 3.05) is 0 Å². The number of fused-ring (bicyclic) bond motifs is 1. The van der Waals surface area contributed by atoms with E-state index in [1.165, 1.54) is 24.4 Å². The highest BCUT2D eigenvalue weighted by molar-refractivity contribution is 9.10. The molecule has 0 saturated carbocycles. The lowest BCUT2D eigenvalue weighted by molar-refractivity contribution is 0.103. The number of aromatic nitrogens is 1. The lowest BCUT2D eigenvalue weighted by atomic mass is 10.0. The summed E-state index contributed by atoms with van der Waals surface area (Å²) in [5.41, 5.74) is 1.56. The number of hydrogen-bond acceptors (Lipinski definition) is 2. The second-order valence-electron chi connectivity index (χ2n) is 4.37. The molecular formula is C16H9BrFNO. The van der Waals surface area contributed by atoms with Gasteiger partial charge in [0.25, 0.3) is 0 Å². The van der Waals surface area contributed by atoms with E-state index in [0.29, 0.717) is 15.6 Å². The van der Waals surface area contributed by atoms with Gasteiger partial charge in [-0.2, -0.15) is 0 Å². The molecule has 0 saturated heterocycles. The summed E-state index contributed by atoms with van der Waals surface area (Å²) in [7, 11) is 0. The fourth-order valence-electron chi connectivity index (χ4n) is 2.02. The maximum atomic E-state index is 13.3. The number of nitrogens with zero attached hydrogens (tertiary/aromatic N) is 1. The molecule has 0 N–H and O–H groups in total. The second-order valence-corrected chi connectivity index (χ2v) is 5.22. The van der Waals surface area contributed by atoms with Crippen LogP contribution in [0, 0.1) is 5.82 Å². The summed E-state index contributed by atoms with van der Waals surface area (Å²) < 4.78 is 13.9. The Balaban J connectivity index is 2.10. The Morgan fingerprint density at radius 1 is 1.10 bits per heavy atom. The Morgan fingerprint density at radius 2 is 1.90 bits per heavy atom. The molecule has 0 aliphatic rings. The second kappa shape index (κ2) is 5.13. The molecular weight excluding hydrogens is 321 g/mol. The van der Waals surface area contributed by atoms with Crippen molar-refractivity contribution in [1.29, 1.82) is 0 Å². The number of carbonyl (C=O) groups is 1. The van der Waals surface area contributed by atoms with Crippen LogP contribution in [0.3, 0.4) is 0 Å². The van der Waals surface area contributed by atoms with Gasteiger partial charge < -0.3 is 0 Å². The number of ketones is 1. The molecule has 0 aliphatic carbocycles. The molecule has 2 aromatic carbocycles. The highest BCUT2D eigenvalue weighted by atomic mass is 79.9. The third-order valence-electron chi connectivity index (χ3n) is 3.03. The number of carbonyl (C=O) groups excluding carboxylic acids is 1. The van der Waals surface area contributed by atoms with Crippen molar-refractivity contribution in [1.82, 2.24) is 4.98 Å². The van der Waals surface area contributed by atoms with Crippen molar-refractivity contribution in [2.24, 2.45) is 0 Å². The molecule has 3 aromatic rings. The predicted molar refractivity (Wildman–Crippen MR) is 79.3 cm³/mol. The van der Waals surface area contributed by atoms with Gasteiger partial charge in [0.2, 0.25) is 0 Å². The average molecular weight is 330 g/mol. The van der Waals surface area contributed by atoms with Gasteiger partial charge in [-0.15, -0.1) is 0 Å². The van der Waals surface area contributed by atoms with Crippen LogP contribution < -0.4 is 0 Å². The van der Waals surface area contributed by atoms with E-state index in [4.69, 9.17) is 0 Å². The number of halogens is 2. The first-order valence-electron chi connectivity index (χ1n) is 6.00. The first-order chi connectivity index (χ1) is 9.65. The maximum Gasteiger partial charge on any atom is 0.195 e. The Morgan fingerprint density at radius 3 is 2.75 bits per heavy atom. The van der Waals surface area contributed by atoms with Crippen molar-refractivity contribution in [3.63, 3.8) is 0 Å². The monoisotopic (exact) mass is 329 g/mol. The van der Waals surface area contributed by atoms with Crippen LogP contribution in [-0.4, -0.2) is 10.8 Å². The van der Waals surface area contributed by atoms with E-state index in [9.17, 15) is 9.18 Å². The molecule has 3 rings (SSSR count). The van der Waals surface area contributed by atoms with Crippen molar-refractivity contribution < 1.29 is 9.18 Å². The van der Waals surface area contributed by atoms with E-state index in [2.05, 4.69) is 20.9 Å². The topological polar surface area (TPSA) is 30.0 Å². The van der Waals surface area contributed by atoms with Crippen LogP contribution in [0.4, 0.5) is 4.39 Å². The molecule has 0 aliphatic heterocycles. The largest absolute Gasteiger partial charge is 0.289 e. The summed E-state index contributed by atoms with van der Waals surface area (Å²) >= 11 is 3.27. The molecule has 0 atom stereocenters. The fourth-order valence-corrected chi connectivity index (χ4v) is 2.45. The van der Waals surface area contributed by atoms with E-state index in [-0.39, 0.29) is 5.78 Å². The number of benzene rings is 2. The van der Waals surface area contributed by atoms with Crippen LogP contribution in [0.5, 0.6) is 0 Å². The molecule has 1 heterocycles. The summed E-state index contributed by atoms with van der Waals surface area (Å²) in [5.74, 6) is -0.695. The zero-order chi connectivity index (χ0) is 14.1. The summed E-state index contributed by atoms with van der Waals surface area (Å²) in [5, 5.41) is 0.880. The molecule has 0 bridgehead atoms. The number of hydrogen-bond donors (Lipinski definition) is 0. The van der Waals surface area contributed by atoms with Gasteiger partial charge in [0.05, 0.1) is 5.52 Å². The summed E-state index contributed by atoms with van der Waals surface area (Å²) in [6.07, 6.45) is 1.52. The van der Waals surface area contributed by atoms with Crippen molar-refractivity contribution in [3.8, 4) is 0 Å². The van der Waals surface area contributed by atoms with E-state index in [1.54, 1.807) is 6.07 Å². The number of pyridine rings is 1. The number of rotatable bonds is 2. The van der Waals surface area contributed by atoms with Gasteiger partial charge in [-0.3, -0.25) is 9.78 Å². The van der Waals surface area contributed by atoms with Crippen molar-refractivity contribution in [2.45, 2.75) is 0 Å². The zero-order valence-electron chi connectivity index (χ0n) is 10.3. The minimum absolute atomic E-state index is 0.255. The minimum atomic E-state index is -0.440. The standard InChI is InChI=1S/C16H9BrFNO/c17-14-6-5-12(18)8-13(14)16(20)11-7-10-3-1-2-4-15(10)19-9-11/h1-9H. The van der Waals surface area contributed by atoms with Gasteiger partial charge >= 0.3 is 0 Å². The Bertz CT molecular complexity index is 816. The summed E-state index contributed by atoms with van der Waals surface area (Å²) in [6.45, 7) is 0. The quantitative estimate of drug-likeness (QED) is 0.653. The Hall–Kier alpha value is -2.07. The van der Waals surface area contributed by atoms with Crippen LogP contribution in [0.15, 0.2) is 59.2 Å². The van der Waals surface area contributed by atoms with E-state index >= 15 is 0 Å². The van der Waals surface area contributed by atoms with Gasteiger partial charge in [0.1, 0.15) is 5.82 Å². The zero-order valence-corrected chi connectivity index (χ0v) is 11.9. The van der Waals surface area contributed by atoms with Gasteiger partial charge in [-0.25, -0.2) is 4.39 Å². The van der Waals surface area contributed by atoms with Crippen LogP contribution in [0.2, 0.25) is 0 Å². The Kier molecular flexibility index (Phi) is 3.32. The molecule has 98 valence electrons. The number of para-hydroxylation sites is 1. The molecule has 0 unspecified atom stereocenters. The maximum absolute atomic E-state index is 13.3. The summed E-state index contributed by atoms with van der Waals surface area (Å²) in [6, 6.07) is 13.4. The van der Waals surface area contributed by atoms with Crippen LogP contribution >= 0.6 is 15.9 Å². The van der Waals surface area contributed by atoms with E-state index < -0.39 is 5.82 Å². The molecule has 2 nitrogen and oxygen atoms in total. The third kappa shape index (κ3) is 2.34. The smallest absolute Gasteiger partial charge is 0.195 e. The van der Waals surface area contributed by atoms with Crippen molar-refractivity contribution >= 4 is 32.6 Å². The van der Waals surface area contributed by atoms with Crippen LogP contribution in [-0.2, 0) is 0 Å². The normalized spacial score (nSPS) is 10.7. The van der Waals surface area contributed by atoms with Gasteiger partial charge in [-0.1, -0.05) is 34.1 Å². The van der Waals surface area contributed by atoms with E-state index in [1.807, 2.05) is 24.3 Å². The molecule has 0 radical (unpaired) electrons. The first kappa shape index (κ1) is 12.9. The van der Waals surface area contributed by atoms with Crippen molar-refractivity contribution in [3.05, 3.63) is 76.1 Å². The molecule has 20 heavy (non-hydrogen) atoms. The lowest BCUT2D eigenvalue weighted by Gasteiger charge is -2.05. The van der Waals surface area contributed by atoms with E-state index in [0.717, 1.165) is 10.9 Å². The van der Waals surface area contributed by atoms with Gasteiger partial charge in [0.15, 0.2) is 5.78 Å². The molecule has 0 fully saturated rings. The van der Waals surface area contributed by atoms with Crippen LogP contribution in [0.1, 0.15) is 15.9 Å². The SMILES string of the molecule is O=C(c1cnc2ccccc2c1)c1cc(F)ccc1Br.